The summed E-state index contributed by atoms with van der Waals surface area (Å²) in [5.41, 5.74) is 0. The molecule has 0 aromatic heterocycles. The van der Waals surface area contributed by atoms with E-state index in [1.165, 1.54) is 0 Å². The summed E-state index contributed by atoms with van der Waals surface area (Å²) in [5.74, 6) is 0.723. The minimum atomic E-state index is -3.17. The lowest BCUT2D eigenvalue weighted by molar-refractivity contribution is 0.309. The molecule has 96 valence electrons. The first-order valence-corrected chi connectivity index (χ1v) is 7.50. The van der Waals surface area contributed by atoms with Crippen LogP contribution in [0.25, 0.3) is 0 Å². The van der Waals surface area contributed by atoms with Crippen LogP contribution in [0.4, 0.5) is 0 Å². The molecule has 3 nitrogen and oxygen atoms in total. The van der Waals surface area contributed by atoms with Gasteiger partial charge >= 0.3 is 0 Å². The van der Waals surface area contributed by atoms with Gasteiger partial charge in [-0.3, -0.25) is 0 Å². The Morgan fingerprint density at radius 2 is 1.76 bits per heavy atom. The molecule has 0 bridgehead atoms. The van der Waals surface area contributed by atoms with E-state index in [1.54, 1.807) is 38.1 Å². The Balaban J connectivity index is 2.75. The Kier molecular flexibility index (Phi) is 5.00. The monoisotopic (exact) mass is 256 g/mol. The minimum Gasteiger partial charge on any atom is -0.494 e. The van der Waals surface area contributed by atoms with Gasteiger partial charge in [0.15, 0.2) is 9.84 Å². The van der Waals surface area contributed by atoms with Gasteiger partial charge in [0.2, 0.25) is 0 Å². The van der Waals surface area contributed by atoms with Crippen LogP contribution >= 0.6 is 0 Å². The van der Waals surface area contributed by atoms with Gasteiger partial charge in [-0.15, -0.1) is 0 Å². The van der Waals surface area contributed by atoms with Crippen LogP contribution in [0.5, 0.6) is 5.75 Å². The summed E-state index contributed by atoms with van der Waals surface area (Å²) in [7, 11) is -3.17. The smallest absolute Gasteiger partial charge is 0.180 e. The summed E-state index contributed by atoms with van der Waals surface area (Å²) in [6, 6.07) is 6.64. The number of unbranched alkanes of at least 4 members (excludes halogenated alkanes) is 1. The van der Waals surface area contributed by atoms with E-state index in [2.05, 4.69) is 6.92 Å². The van der Waals surface area contributed by atoms with Crippen molar-refractivity contribution in [2.45, 2.75) is 43.8 Å². The third-order valence-electron chi connectivity index (χ3n) is 2.54. The van der Waals surface area contributed by atoms with Gasteiger partial charge in [0.05, 0.1) is 16.8 Å². The third kappa shape index (κ3) is 3.73. The topological polar surface area (TPSA) is 43.4 Å². The molecule has 0 atom stereocenters. The Labute approximate surface area is 104 Å². The zero-order chi connectivity index (χ0) is 12.9. The highest BCUT2D eigenvalue weighted by Crippen LogP contribution is 2.19. The van der Waals surface area contributed by atoms with Crippen molar-refractivity contribution in [1.82, 2.24) is 0 Å². The molecule has 0 saturated heterocycles. The summed E-state index contributed by atoms with van der Waals surface area (Å²) in [6.45, 7) is 6.14. The van der Waals surface area contributed by atoms with Gasteiger partial charge in [0.25, 0.3) is 0 Å². The van der Waals surface area contributed by atoms with E-state index in [0.29, 0.717) is 11.5 Å². The molecule has 0 aliphatic carbocycles. The molecule has 0 N–H and O–H groups in total. The number of benzene rings is 1. The Morgan fingerprint density at radius 1 is 1.18 bits per heavy atom. The molecular formula is C13H20O3S. The van der Waals surface area contributed by atoms with Crippen molar-refractivity contribution in [2.75, 3.05) is 6.61 Å². The molecule has 4 heteroatoms. The average Bonchev–Trinajstić information content (AvgIpc) is 2.30. The van der Waals surface area contributed by atoms with Crippen molar-refractivity contribution in [3.63, 3.8) is 0 Å². The Bertz CT molecular complexity index is 432. The van der Waals surface area contributed by atoms with Gasteiger partial charge in [0, 0.05) is 0 Å². The van der Waals surface area contributed by atoms with E-state index < -0.39 is 15.1 Å². The molecule has 0 spiro atoms. The van der Waals surface area contributed by atoms with Crippen molar-refractivity contribution in [1.29, 1.82) is 0 Å². The molecule has 0 saturated carbocycles. The normalized spacial score (nSPS) is 11.8. The van der Waals surface area contributed by atoms with Crippen LogP contribution in [0.3, 0.4) is 0 Å². The van der Waals surface area contributed by atoms with E-state index >= 15 is 0 Å². The second kappa shape index (κ2) is 6.05. The van der Waals surface area contributed by atoms with Crippen molar-refractivity contribution in [3.05, 3.63) is 24.3 Å². The molecule has 0 amide bonds. The van der Waals surface area contributed by atoms with Crippen LogP contribution in [0.15, 0.2) is 29.2 Å². The maximum Gasteiger partial charge on any atom is 0.180 e. The van der Waals surface area contributed by atoms with Crippen LogP contribution < -0.4 is 4.74 Å². The Hall–Kier alpha value is -1.03. The summed E-state index contributed by atoms with van der Waals surface area (Å²) in [6.07, 6.45) is 2.09. The maximum atomic E-state index is 11.9. The molecule has 0 heterocycles. The van der Waals surface area contributed by atoms with E-state index in [9.17, 15) is 8.42 Å². The lowest BCUT2D eigenvalue weighted by atomic mass is 10.3. The van der Waals surface area contributed by atoms with Crippen molar-refractivity contribution >= 4 is 9.84 Å². The van der Waals surface area contributed by atoms with Crippen LogP contribution in [-0.4, -0.2) is 20.3 Å². The summed E-state index contributed by atoms with van der Waals surface area (Å²) in [4.78, 5) is 0.357. The fourth-order valence-electron chi connectivity index (χ4n) is 1.33. The van der Waals surface area contributed by atoms with Gasteiger partial charge in [-0.25, -0.2) is 8.42 Å². The molecule has 0 aliphatic heterocycles. The van der Waals surface area contributed by atoms with Crippen molar-refractivity contribution < 1.29 is 13.2 Å². The van der Waals surface area contributed by atoms with Gasteiger partial charge in [-0.2, -0.15) is 0 Å². The van der Waals surface area contributed by atoms with E-state index in [-0.39, 0.29) is 0 Å². The predicted octanol–water partition coefficient (Wildman–Crippen LogP) is 3.05. The molecule has 1 aromatic carbocycles. The fourth-order valence-corrected chi connectivity index (χ4v) is 2.39. The highest BCUT2D eigenvalue weighted by Gasteiger charge is 2.18. The third-order valence-corrected chi connectivity index (χ3v) is 4.71. The highest BCUT2D eigenvalue weighted by atomic mass is 32.2. The van der Waals surface area contributed by atoms with Crippen molar-refractivity contribution in [3.8, 4) is 5.75 Å². The molecule has 0 aliphatic rings. The second-order valence-electron chi connectivity index (χ2n) is 4.27. The summed E-state index contributed by atoms with van der Waals surface area (Å²) in [5, 5.41) is -0.394. The van der Waals surface area contributed by atoms with Gasteiger partial charge in [-0.1, -0.05) is 13.3 Å². The van der Waals surface area contributed by atoms with E-state index in [1.807, 2.05) is 0 Å². The zero-order valence-corrected chi connectivity index (χ0v) is 11.5. The number of rotatable bonds is 6. The first-order chi connectivity index (χ1) is 7.98. The van der Waals surface area contributed by atoms with Gasteiger partial charge < -0.3 is 4.74 Å². The van der Waals surface area contributed by atoms with Crippen LogP contribution in [0.1, 0.15) is 33.6 Å². The van der Waals surface area contributed by atoms with Gasteiger partial charge in [0.1, 0.15) is 5.75 Å². The SMILES string of the molecule is CCCCOc1ccc(S(=O)(=O)C(C)C)cc1. The molecule has 0 unspecified atom stereocenters. The average molecular weight is 256 g/mol. The van der Waals surface area contributed by atoms with E-state index in [0.717, 1.165) is 18.6 Å². The number of ether oxygens (including phenoxy) is 1. The first-order valence-electron chi connectivity index (χ1n) is 5.95. The quantitative estimate of drug-likeness (QED) is 0.735. The second-order valence-corrected chi connectivity index (χ2v) is 6.77. The molecule has 1 rings (SSSR count). The number of hydrogen-bond donors (Lipinski definition) is 0. The van der Waals surface area contributed by atoms with Crippen LogP contribution in [0.2, 0.25) is 0 Å². The molecule has 17 heavy (non-hydrogen) atoms. The number of sulfone groups is 1. The first kappa shape index (κ1) is 14.0. The lowest BCUT2D eigenvalue weighted by Crippen LogP contribution is -2.13. The Morgan fingerprint density at radius 3 is 2.24 bits per heavy atom. The largest absolute Gasteiger partial charge is 0.494 e. The minimum absolute atomic E-state index is 0.357. The van der Waals surface area contributed by atoms with Crippen LogP contribution in [0, 0.1) is 0 Å². The van der Waals surface area contributed by atoms with Gasteiger partial charge in [-0.05, 0) is 44.5 Å². The molecule has 1 aromatic rings. The molecular weight excluding hydrogens is 236 g/mol. The number of hydrogen-bond acceptors (Lipinski definition) is 3. The standard InChI is InChI=1S/C13H20O3S/c1-4-5-10-16-12-6-8-13(9-7-12)17(14,15)11(2)3/h6-9,11H,4-5,10H2,1-3H3. The fraction of sp³-hybridized carbons (Fsp3) is 0.538. The maximum absolute atomic E-state index is 11.9. The molecule has 0 radical (unpaired) electrons. The zero-order valence-electron chi connectivity index (χ0n) is 10.6. The van der Waals surface area contributed by atoms with Crippen LogP contribution in [-0.2, 0) is 9.84 Å². The van der Waals surface area contributed by atoms with E-state index in [4.69, 9.17) is 4.74 Å². The molecule has 0 fully saturated rings. The highest BCUT2D eigenvalue weighted by molar-refractivity contribution is 7.92. The van der Waals surface area contributed by atoms with Crippen molar-refractivity contribution in [2.24, 2.45) is 0 Å². The summed E-state index contributed by atoms with van der Waals surface area (Å²) >= 11 is 0. The lowest BCUT2D eigenvalue weighted by Gasteiger charge is -2.09. The predicted molar refractivity (Wildman–Crippen MR) is 69.2 cm³/mol. The summed E-state index contributed by atoms with van der Waals surface area (Å²) < 4.78 is 29.2.